The van der Waals surface area contributed by atoms with Crippen LogP contribution in [0.4, 0.5) is 0 Å². The molecular formula is C12H27OP. The number of hydrogen-bond acceptors (Lipinski definition) is 1. The lowest BCUT2D eigenvalue weighted by molar-refractivity contribution is 0.549. The molecule has 86 valence electrons. The Labute approximate surface area is 90.0 Å². The van der Waals surface area contributed by atoms with Gasteiger partial charge in [-0.1, -0.05) is 41.0 Å². The minimum atomic E-state index is -1.92. The van der Waals surface area contributed by atoms with Crippen LogP contribution in [0, 0.1) is 0 Å². The first-order chi connectivity index (χ1) is 6.52. The van der Waals surface area contributed by atoms with E-state index in [1.807, 2.05) is 0 Å². The van der Waals surface area contributed by atoms with E-state index in [0.29, 0.717) is 11.3 Å². The highest BCUT2D eigenvalue weighted by Gasteiger charge is 2.32. The second-order valence-corrected chi connectivity index (χ2v) is 8.36. The maximum atomic E-state index is 12.8. The molecule has 0 aliphatic heterocycles. The molecule has 0 aromatic heterocycles. The molecule has 2 unspecified atom stereocenters. The van der Waals surface area contributed by atoms with E-state index in [1.54, 1.807) is 0 Å². The summed E-state index contributed by atoms with van der Waals surface area (Å²) < 4.78 is 12.8. The maximum Gasteiger partial charge on any atom is 0.0930 e. The molecule has 0 saturated heterocycles. The highest BCUT2D eigenvalue weighted by atomic mass is 31.2. The summed E-state index contributed by atoms with van der Waals surface area (Å²) >= 11 is 0. The van der Waals surface area contributed by atoms with Gasteiger partial charge in [-0.3, -0.25) is 0 Å². The summed E-state index contributed by atoms with van der Waals surface area (Å²) in [5.41, 5.74) is 0.841. The average Bonchev–Trinajstić information content (AvgIpc) is 2.23. The van der Waals surface area contributed by atoms with Crippen LogP contribution in [0.25, 0.3) is 0 Å². The Morgan fingerprint density at radius 3 is 1.71 bits per heavy atom. The molecule has 0 rings (SSSR count). The lowest BCUT2D eigenvalue weighted by Gasteiger charge is -2.29. The average molecular weight is 218 g/mol. The lowest BCUT2D eigenvalue weighted by atomic mass is 10.3. The van der Waals surface area contributed by atoms with Gasteiger partial charge in [-0.25, -0.2) is 0 Å². The Kier molecular flexibility index (Phi) is 6.78. The van der Waals surface area contributed by atoms with Gasteiger partial charge in [0.2, 0.25) is 0 Å². The fourth-order valence-corrected chi connectivity index (χ4v) is 5.70. The van der Waals surface area contributed by atoms with Crippen molar-refractivity contribution < 1.29 is 4.57 Å². The van der Waals surface area contributed by atoms with E-state index in [1.165, 1.54) is 0 Å². The van der Waals surface area contributed by atoms with E-state index in [-0.39, 0.29) is 0 Å². The molecule has 0 aromatic carbocycles. The molecule has 14 heavy (non-hydrogen) atoms. The molecule has 0 saturated carbocycles. The summed E-state index contributed by atoms with van der Waals surface area (Å²) in [6.07, 6.45) is 5.38. The molecule has 0 spiro atoms. The molecule has 0 aliphatic carbocycles. The van der Waals surface area contributed by atoms with Gasteiger partial charge in [-0.05, 0) is 19.3 Å². The first kappa shape index (κ1) is 14.2. The van der Waals surface area contributed by atoms with Gasteiger partial charge in [0.15, 0.2) is 0 Å². The molecule has 0 aliphatic rings. The van der Waals surface area contributed by atoms with Crippen LogP contribution in [-0.4, -0.2) is 17.5 Å². The second kappa shape index (κ2) is 6.67. The van der Waals surface area contributed by atoms with Crippen molar-refractivity contribution in [3.8, 4) is 0 Å². The molecule has 0 N–H and O–H groups in total. The molecule has 1 nitrogen and oxygen atoms in total. The van der Waals surface area contributed by atoms with Gasteiger partial charge in [0.1, 0.15) is 0 Å². The van der Waals surface area contributed by atoms with Gasteiger partial charge in [0.25, 0.3) is 0 Å². The topological polar surface area (TPSA) is 17.1 Å². The van der Waals surface area contributed by atoms with Gasteiger partial charge in [-0.2, -0.15) is 0 Å². The molecule has 0 aromatic rings. The maximum absolute atomic E-state index is 12.8. The Morgan fingerprint density at radius 2 is 1.43 bits per heavy atom. The number of rotatable bonds is 7. The molecule has 2 heteroatoms. The normalized spacial score (nSPS) is 20.1. The van der Waals surface area contributed by atoms with Crippen LogP contribution in [0.3, 0.4) is 0 Å². The van der Waals surface area contributed by atoms with Crippen LogP contribution < -0.4 is 0 Å². The highest BCUT2D eigenvalue weighted by Crippen LogP contribution is 2.57. The molecule has 0 bridgehead atoms. The zero-order chi connectivity index (χ0) is 11.2. The van der Waals surface area contributed by atoms with Gasteiger partial charge in [0.05, 0.1) is 7.14 Å². The van der Waals surface area contributed by atoms with E-state index in [2.05, 4.69) is 34.6 Å². The van der Waals surface area contributed by atoms with Crippen molar-refractivity contribution in [2.75, 3.05) is 6.16 Å². The SMILES string of the molecule is CCCCP(=O)(C(C)CC)C(C)CC. The quantitative estimate of drug-likeness (QED) is 0.564. The molecule has 0 fully saturated rings. The predicted octanol–water partition coefficient (Wildman–Crippen LogP) is 4.75. The zero-order valence-electron chi connectivity index (χ0n) is 10.5. The summed E-state index contributed by atoms with van der Waals surface area (Å²) in [6, 6.07) is 0. The monoisotopic (exact) mass is 218 g/mol. The molecule has 0 amide bonds. The Bertz CT molecular complexity index is 175. The summed E-state index contributed by atoms with van der Waals surface area (Å²) in [5, 5.41) is 0. The third kappa shape index (κ3) is 3.42. The zero-order valence-corrected chi connectivity index (χ0v) is 11.4. The van der Waals surface area contributed by atoms with E-state index in [0.717, 1.165) is 31.8 Å². The van der Waals surface area contributed by atoms with Crippen LogP contribution in [0.1, 0.15) is 60.3 Å². The van der Waals surface area contributed by atoms with E-state index in [4.69, 9.17) is 0 Å². The van der Waals surface area contributed by atoms with Crippen LogP contribution in [0.2, 0.25) is 0 Å². The van der Waals surface area contributed by atoms with Gasteiger partial charge in [0, 0.05) is 17.5 Å². The fourth-order valence-electron chi connectivity index (χ4n) is 1.90. The Hall–Kier alpha value is 0.230. The largest absolute Gasteiger partial charge is 0.323 e. The first-order valence-electron chi connectivity index (χ1n) is 6.11. The van der Waals surface area contributed by atoms with Crippen LogP contribution in [0.15, 0.2) is 0 Å². The summed E-state index contributed by atoms with van der Waals surface area (Å²) in [6.45, 7) is 10.8. The third-order valence-electron chi connectivity index (χ3n) is 3.53. The second-order valence-electron chi connectivity index (χ2n) is 4.45. The van der Waals surface area contributed by atoms with Gasteiger partial charge < -0.3 is 4.57 Å². The Balaban J connectivity index is 4.57. The molecule has 0 heterocycles. The fraction of sp³-hybridized carbons (Fsp3) is 1.00. The van der Waals surface area contributed by atoms with Gasteiger partial charge >= 0.3 is 0 Å². The summed E-state index contributed by atoms with van der Waals surface area (Å²) in [7, 11) is -1.92. The number of hydrogen-bond donors (Lipinski definition) is 0. The van der Waals surface area contributed by atoms with Crippen LogP contribution >= 0.6 is 7.14 Å². The van der Waals surface area contributed by atoms with E-state index < -0.39 is 7.14 Å². The standard InChI is InChI=1S/C12H27OP/c1-6-9-10-14(13,11(4)7-2)12(5)8-3/h11-12H,6-10H2,1-5H3. The van der Waals surface area contributed by atoms with Crippen molar-refractivity contribution >= 4 is 7.14 Å². The van der Waals surface area contributed by atoms with Crippen molar-refractivity contribution in [3.63, 3.8) is 0 Å². The summed E-state index contributed by atoms with van der Waals surface area (Å²) in [5.74, 6) is 0. The molecular weight excluding hydrogens is 191 g/mol. The van der Waals surface area contributed by atoms with Crippen molar-refractivity contribution in [3.05, 3.63) is 0 Å². The first-order valence-corrected chi connectivity index (χ1v) is 8.14. The van der Waals surface area contributed by atoms with Crippen molar-refractivity contribution in [2.45, 2.75) is 71.6 Å². The minimum Gasteiger partial charge on any atom is -0.323 e. The molecule has 0 radical (unpaired) electrons. The predicted molar refractivity (Wildman–Crippen MR) is 66.9 cm³/mol. The lowest BCUT2D eigenvalue weighted by Crippen LogP contribution is -2.15. The Morgan fingerprint density at radius 1 is 1.00 bits per heavy atom. The molecule has 2 atom stereocenters. The number of unbranched alkanes of at least 4 members (excludes halogenated alkanes) is 1. The van der Waals surface area contributed by atoms with Crippen LogP contribution in [0.5, 0.6) is 0 Å². The smallest absolute Gasteiger partial charge is 0.0930 e. The van der Waals surface area contributed by atoms with Crippen LogP contribution in [-0.2, 0) is 4.57 Å². The summed E-state index contributed by atoms with van der Waals surface area (Å²) in [4.78, 5) is 0. The highest BCUT2D eigenvalue weighted by molar-refractivity contribution is 7.65. The van der Waals surface area contributed by atoms with Crippen molar-refractivity contribution in [2.24, 2.45) is 0 Å². The van der Waals surface area contributed by atoms with Crippen molar-refractivity contribution in [1.29, 1.82) is 0 Å². The third-order valence-corrected chi connectivity index (χ3v) is 8.26. The van der Waals surface area contributed by atoms with Crippen molar-refractivity contribution in [1.82, 2.24) is 0 Å². The van der Waals surface area contributed by atoms with Gasteiger partial charge in [-0.15, -0.1) is 0 Å². The van der Waals surface area contributed by atoms with E-state index in [9.17, 15) is 4.57 Å². The van der Waals surface area contributed by atoms with E-state index >= 15 is 0 Å². The minimum absolute atomic E-state index is 0.420.